The van der Waals surface area contributed by atoms with Crippen LogP contribution < -0.4 is 11.1 Å². The van der Waals surface area contributed by atoms with Gasteiger partial charge in [-0.25, -0.2) is 4.98 Å². The van der Waals surface area contributed by atoms with E-state index in [4.69, 9.17) is 5.73 Å². The summed E-state index contributed by atoms with van der Waals surface area (Å²) in [5, 5.41) is 2.92. The lowest BCUT2D eigenvalue weighted by Crippen LogP contribution is -2.23. The zero-order chi connectivity index (χ0) is 19.1. The monoisotopic (exact) mass is 380 g/mol. The molecule has 0 atom stereocenters. The smallest absolute Gasteiger partial charge is 0.252 e. The van der Waals surface area contributed by atoms with E-state index in [-0.39, 0.29) is 11.7 Å². The Morgan fingerprint density at radius 2 is 1.81 bits per heavy atom. The average Bonchev–Trinajstić information content (AvgIpc) is 3.19. The first-order chi connectivity index (χ1) is 13.1. The quantitative estimate of drug-likeness (QED) is 0.587. The Bertz CT molecular complexity index is 908. The SMILES string of the molecule is NC(=O)CSc1ccccc1C(=O)NCc1ccc(Cn2ccnc2)cc1. The Labute approximate surface area is 161 Å². The molecule has 2 aromatic carbocycles. The molecule has 0 bridgehead atoms. The molecule has 0 saturated carbocycles. The topological polar surface area (TPSA) is 90.0 Å². The summed E-state index contributed by atoms with van der Waals surface area (Å²) in [5.74, 6) is -0.445. The van der Waals surface area contributed by atoms with Crippen LogP contribution in [0.1, 0.15) is 21.5 Å². The van der Waals surface area contributed by atoms with Gasteiger partial charge in [-0.15, -0.1) is 11.8 Å². The lowest BCUT2D eigenvalue weighted by Gasteiger charge is -2.10. The number of nitrogens with zero attached hydrogens (tertiary/aromatic N) is 2. The summed E-state index contributed by atoms with van der Waals surface area (Å²) in [6, 6.07) is 15.3. The van der Waals surface area contributed by atoms with E-state index in [1.54, 1.807) is 24.7 Å². The minimum Gasteiger partial charge on any atom is -0.369 e. The number of imidazole rings is 1. The van der Waals surface area contributed by atoms with Crippen molar-refractivity contribution in [3.8, 4) is 0 Å². The summed E-state index contributed by atoms with van der Waals surface area (Å²) in [6.45, 7) is 1.19. The molecule has 6 nitrogen and oxygen atoms in total. The molecule has 0 fully saturated rings. The van der Waals surface area contributed by atoms with Crippen LogP contribution in [-0.2, 0) is 17.9 Å². The predicted octanol–water partition coefficient (Wildman–Crippen LogP) is 2.44. The Hall–Kier alpha value is -3.06. The molecule has 0 spiro atoms. The van der Waals surface area contributed by atoms with Crippen LogP contribution in [0.15, 0.2) is 72.1 Å². The van der Waals surface area contributed by atoms with E-state index in [0.29, 0.717) is 12.1 Å². The van der Waals surface area contributed by atoms with E-state index in [1.165, 1.54) is 11.8 Å². The molecule has 27 heavy (non-hydrogen) atoms. The Morgan fingerprint density at radius 1 is 1.07 bits per heavy atom. The summed E-state index contributed by atoms with van der Waals surface area (Å²) in [4.78, 5) is 28.3. The zero-order valence-corrected chi connectivity index (χ0v) is 15.5. The number of amides is 2. The molecule has 138 valence electrons. The number of hydrogen-bond acceptors (Lipinski definition) is 4. The molecule has 3 rings (SSSR count). The van der Waals surface area contributed by atoms with Gasteiger partial charge in [0.05, 0.1) is 17.6 Å². The summed E-state index contributed by atoms with van der Waals surface area (Å²) in [7, 11) is 0. The van der Waals surface area contributed by atoms with Crippen molar-refractivity contribution in [2.24, 2.45) is 5.73 Å². The van der Waals surface area contributed by atoms with Gasteiger partial charge < -0.3 is 15.6 Å². The van der Waals surface area contributed by atoms with Crippen LogP contribution in [0.5, 0.6) is 0 Å². The largest absolute Gasteiger partial charge is 0.369 e. The van der Waals surface area contributed by atoms with Crippen LogP contribution in [0, 0.1) is 0 Å². The fourth-order valence-electron chi connectivity index (χ4n) is 2.56. The lowest BCUT2D eigenvalue weighted by molar-refractivity contribution is -0.115. The van der Waals surface area contributed by atoms with Crippen molar-refractivity contribution >= 4 is 23.6 Å². The van der Waals surface area contributed by atoms with Crippen LogP contribution in [-0.4, -0.2) is 27.1 Å². The molecule has 7 heteroatoms. The van der Waals surface area contributed by atoms with Crippen LogP contribution in [0.3, 0.4) is 0 Å². The fourth-order valence-corrected chi connectivity index (χ4v) is 3.35. The van der Waals surface area contributed by atoms with E-state index >= 15 is 0 Å². The van der Waals surface area contributed by atoms with Gasteiger partial charge in [0.1, 0.15) is 0 Å². The maximum Gasteiger partial charge on any atom is 0.252 e. The zero-order valence-electron chi connectivity index (χ0n) is 14.7. The Morgan fingerprint density at radius 3 is 2.52 bits per heavy atom. The normalized spacial score (nSPS) is 10.5. The second-order valence-corrected chi connectivity index (χ2v) is 7.00. The molecule has 3 N–H and O–H groups in total. The molecule has 0 radical (unpaired) electrons. The molecule has 0 saturated heterocycles. The van der Waals surface area contributed by atoms with Gasteiger partial charge in [-0.05, 0) is 23.3 Å². The van der Waals surface area contributed by atoms with Gasteiger partial charge in [0.15, 0.2) is 0 Å². The first-order valence-electron chi connectivity index (χ1n) is 8.44. The van der Waals surface area contributed by atoms with E-state index in [9.17, 15) is 9.59 Å². The van der Waals surface area contributed by atoms with Crippen molar-refractivity contribution in [2.45, 2.75) is 18.0 Å². The highest BCUT2D eigenvalue weighted by molar-refractivity contribution is 8.00. The van der Waals surface area contributed by atoms with E-state index in [1.807, 2.05) is 47.2 Å². The number of nitrogens with two attached hydrogens (primary N) is 1. The molecule has 2 amide bonds. The van der Waals surface area contributed by atoms with Crippen molar-refractivity contribution in [3.63, 3.8) is 0 Å². The van der Waals surface area contributed by atoms with Crippen molar-refractivity contribution in [1.29, 1.82) is 0 Å². The molecule has 3 aromatic rings. The third-order valence-corrected chi connectivity index (χ3v) is 5.00. The molecular weight excluding hydrogens is 360 g/mol. The minimum absolute atomic E-state index is 0.142. The van der Waals surface area contributed by atoms with Gasteiger partial charge >= 0.3 is 0 Å². The van der Waals surface area contributed by atoms with Crippen molar-refractivity contribution in [2.75, 3.05) is 5.75 Å². The average molecular weight is 380 g/mol. The highest BCUT2D eigenvalue weighted by Gasteiger charge is 2.12. The second-order valence-electron chi connectivity index (χ2n) is 5.99. The number of primary amides is 1. The highest BCUT2D eigenvalue weighted by atomic mass is 32.2. The molecule has 0 aliphatic carbocycles. The van der Waals surface area contributed by atoms with E-state index in [2.05, 4.69) is 10.3 Å². The van der Waals surface area contributed by atoms with Crippen LogP contribution in [0.2, 0.25) is 0 Å². The Balaban J connectivity index is 1.58. The molecule has 0 aliphatic rings. The molecular formula is C20H20N4O2S. The summed E-state index contributed by atoms with van der Waals surface area (Å²) in [6.07, 6.45) is 5.45. The van der Waals surface area contributed by atoms with Gasteiger partial charge in [0.2, 0.25) is 5.91 Å². The highest BCUT2D eigenvalue weighted by Crippen LogP contribution is 2.22. The van der Waals surface area contributed by atoms with Gasteiger partial charge in [-0.2, -0.15) is 0 Å². The van der Waals surface area contributed by atoms with Crippen molar-refractivity contribution in [3.05, 3.63) is 83.9 Å². The molecule has 1 heterocycles. The number of aromatic nitrogens is 2. The molecule has 0 aliphatic heterocycles. The van der Waals surface area contributed by atoms with E-state index < -0.39 is 5.91 Å². The summed E-state index contributed by atoms with van der Waals surface area (Å²) in [5.41, 5.74) is 7.91. The van der Waals surface area contributed by atoms with Gasteiger partial charge in [0.25, 0.3) is 5.91 Å². The number of benzene rings is 2. The van der Waals surface area contributed by atoms with Gasteiger partial charge in [-0.1, -0.05) is 36.4 Å². The van der Waals surface area contributed by atoms with Gasteiger partial charge in [-0.3, -0.25) is 9.59 Å². The fraction of sp³-hybridized carbons (Fsp3) is 0.150. The van der Waals surface area contributed by atoms with Crippen molar-refractivity contribution in [1.82, 2.24) is 14.9 Å². The standard InChI is InChI=1S/C20H20N4O2S/c21-19(25)13-27-18-4-2-1-3-17(18)20(26)23-11-15-5-7-16(8-6-15)12-24-10-9-22-14-24/h1-10,14H,11-13H2,(H2,21,25)(H,23,26). The number of thioether (sulfide) groups is 1. The first kappa shape index (κ1) is 18.7. The van der Waals surface area contributed by atoms with Crippen LogP contribution in [0.25, 0.3) is 0 Å². The maximum absolute atomic E-state index is 12.5. The number of rotatable bonds is 8. The van der Waals surface area contributed by atoms with Crippen LogP contribution >= 0.6 is 11.8 Å². The molecule has 0 unspecified atom stereocenters. The number of carbonyl (C=O) groups is 2. The second kappa shape index (κ2) is 9.05. The minimum atomic E-state index is -0.411. The third kappa shape index (κ3) is 5.46. The first-order valence-corrected chi connectivity index (χ1v) is 9.42. The number of carbonyl (C=O) groups excluding carboxylic acids is 2. The third-order valence-electron chi connectivity index (χ3n) is 3.90. The summed E-state index contributed by atoms with van der Waals surface area (Å²) < 4.78 is 2.00. The maximum atomic E-state index is 12.5. The van der Waals surface area contributed by atoms with Crippen LogP contribution in [0.4, 0.5) is 0 Å². The van der Waals surface area contributed by atoms with Gasteiger partial charge in [0, 0.05) is 30.4 Å². The lowest BCUT2D eigenvalue weighted by atomic mass is 10.1. The van der Waals surface area contributed by atoms with E-state index in [0.717, 1.165) is 22.6 Å². The number of hydrogen-bond donors (Lipinski definition) is 2. The predicted molar refractivity (Wildman–Crippen MR) is 105 cm³/mol. The number of nitrogens with one attached hydrogen (secondary N) is 1. The van der Waals surface area contributed by atoms with Crippen molar-refractivity contribution < 1.29 is 9.59 Å². The Kier molecular flexibility index (Phi) is 6.27. The molecule has 1 aromatic heterocycles. The summed E-state index contributed by atoms with van der Waals surface area (Å²) >= 11 is 1.27.